The molecule has 1 aromatic carbocycles. The monoisotopic (exact) mass is 343 g/mol. The normalized spacial score (nSPS) is 14.7. The molecule has 0 atom stereocenters. The minimum absolute atomic E-state index is 0.105. The summed E-state index contributed by atoms with van der Waals surface area (Å²) in [4.78, 5) is 20.1. The molecule has 0 aliphatic carbocycles. The molecule has 0 spiro atoms. The summed E-state index contributed by atoms with van der Waals surface area (Å²) < 4.78 is 10.3. The molecule has 1 aromatic heterocycles. The Hall–Kier alpha value is -2.02. The van der Waals surface area contributed by atoms with Crippen LogP contribution in [0.25, 0.3) is 10.9 Å². The highest BCUT2D eigenvalue weighted by Gasteiger charge is 2.25. The van der Waals surface area contributed by atoms with E-state index >= 15 is 0 Å². The number of benzene rings is 1. The lowest BCUT2D eigenvalue weighted by Crippen LogP contribution is -2.37. The molecule has 3 rings (SSSR count). The van der Waals surface area contributed by atoms with E-state index in [1.54, 1.807) is 14.2 Å². The van der Waals surface area contributed by atoms with E-state index in [1.807, 2.05) is 24.3 Å². The molecule has 1 amide bonds. The number of carbonyl (C=O) groups is 1. The van der Waals surface area contributed by atoms with Crippen LogP contribution in [-0.4, -0.2) is 55.9 Å². The third-order valence-electron chi connectivity index (χ3n) is 4.75. The summed E-state index contributed by atoms with van der Waals surface area (Å²) in [6, 6.07) is 7.83. The highest BCUT2D eigenvalue weighted by Crippen LogP contribution is 2.28. The largest absolute Gasteiger partial charge is 0.354 e. The first kappa shape index (κ1) is 17.8. The summed E-state index contributed by atoms with van der Waals surface area (Å²) >= 11 is 0. The van der Waals surface area contributed by atoms with Crippen molar-refractivity contribution in [2.75, 3.05) is 33.9 Å². The molecule has 0 bridgehead atoms. The van der Waals surface area contributed by atoms with Gasteiger partial charge in [-0.25, -0.2) is 0 Å². The zero-order valence-corrected chi connectivity index (χ0v) is 15.0. The van der Waals surface area contributed by atoms with Crippen LogP contribution in [0.2, 0.25) is 0 Å². The number of para-hydroxylation sites is 1. The van der Waals surface area contributed by atoms with Crippen LogP contribution in [0.4, 0.5) is 0 Å². The summed E-state index contributed by atoms with van der Waals surface area (Å²) in [5.74, 6) is -0.105. The molecule has 25 heavy (non-hydrogen) atoms. The number of rotatable bonds is 6. The van der Waals surface area contributed by atoms with Crippen molar-refractivity contribution < 1.29 is 14.3 Å². The number of hydrogen-bond donors (Lipinski definition) is 1. The molecule has 0 unspecified atom stereocenters. The Morgan fingerprint density at radius 2 is 2.08 bits per heavy atom. The van der Waals surface area contributed by atoms with Crippen molar-refractivity contribution in [3.63, 3.8) is 0 Å². The first-order valence-corrected chi connectivity index (χ1v) is 8.64. The molecule has 134 valence electrons. The van der Waals surface area contributed by atoms with Crippen molar-refractivity contribution in [1.82, 2.24) is 15.2 Å². The second kappa shape index (κ2) is 7.91. The van der Waals surface area contributed by atoms with E-state index in [-0.39, 0.29) is 5.91 Å². The third kappa shape index (κ3) is 3.66. The van der Waals surface area contributed by atoms with E-state index in [2.05, 4.69) is 17.1 Å². The molecule has 1 aliphatic rings. The molecule has 0 saturated carbocycles. The number of methoxy groups -OCH3 is 2. The van der Waals surface area contributed by atoms with Crippen molar-refractivity contribution in [3.8, 4) is 0 Å². The number of hydrogen-bond acceptors (Lipinski definition) is 5. The van der Waals surface area contributed by atoms with Gasteiger partial charge in [-0.1, -0.05) is 25.1 Å². The fourth-order valence-corrected chi connectivity index (χ4v) is 3.30. The predicted molar refractivity (Wildman–Crippen MR) is 96.5 cm³/mol. The van der Waals surface area contributed by atoms with Crippen molar-refractivity contribution in [1.29, 1.82) is 0 Å². The molecule has 0 fully saturated rings. The number of ether oxygens (including phenoxy) is 2. The minimum atomic E-state index is -0.458. The van der Waals surface area contributed by atoms with Gasteiger partial charge in [-0.3, -0.25) is 14.7 Å². The average molecular weight is 343 g/mol. The van der Waals surface area contributed by atoms with Crippen molar-refractivity contribution in [3.05, 3.63) is 41.1 Å². The van der Waals surface area contributed by atoms with Crippen LogP contribution in [-0.2, 0) is 22.4 Å². The molecule has 1 N–H and O–H groups in total. The summed E-state index contributed by atoms with van der Waals surface area (Å²) in [5.41, 5.74) is 3.66. The first-order valence-electron chi connectivity index (χ1n) is 8.64. The molecular weight excluding hydrogens is 318 g/mol. The molecule has 6 heteroatoms. The third-order valence-corrected chi connectivity index (χ3v) is 4.75. The van der Waals surface area contributed by atoms with Gasteiger partial charge in [0.1, 0.15) is 0 Å². The standard InChI is InChI=1S/C19H25N3O3/c1-4-22-10-9-16-14(12-22)18(13-7-5-6-8-15(13)21-16)19(23)20-11-17(24-2)25-3/h5-8,17H,4,9-12H2,1-3H3,(H,20,23). The lowest BCUT2D eigenvalue weighted by Gasteiger charge is -2.29. The van der Waals surface area contributed by atoms with Crippen molar-refractivity contribution in [2.24, 2.45) is 0 Å². The molecule has 2 aromatic rings. The summed E-state index contributed by atoms with van der Waals surface area (Å²) in [5, 5.41) is 3.83. The molecule has 2 heterocycles. The smallest absolute Gasteiger partial charge is 0.252 e. The molecular formula is C19H25N3O3. The van der Waals surface area contributed by atoms with Crippen LogP contribution >= 0.6 is 0 Å². The number of carbonyl (C=O) groups excluding carboxylic acids is 1. The number of pyridine rings is 1. The summed E-state index contributed by atoms with van der Waals surface area (Å²) in [7, 11) is 3.12. The fraction of sp³-hybridized carbons (Fsp3) is 0.474. The fourth-order valence-electron chi connectivity index (χ4n) is 3.30. The van der Waals surface area contributed by atoms with Gasteiger partial charge in [-0.15, -0.1) is 0 Å². The van der Waals surface area contributed by atoms with Gasteiger partial charge in [0.25, 0.3) is 5.91 Å². The predicted octanol–water partition coefficient (Wildman–Crippen LogP) is 1.96. The van der Waals surface area contributed by atoms with Gasteiger partial charge in [-0.05, 0) is 12.6 Å². The van der Waals surface area contributed by atoms with Crippen LogP contribution < -0.4 is 5.32 Å². The Bertz CT molecular complexity index is 759. The van der Waals surface area contributed by atoms with Crippen LogP contribution in [0.5, 0.6) is 0 Å². The zero-order chi connectivity index (χ0) is 17.8. The maximum absolute atomic E-state index is 13.0. The van der Waals surface area contributed by atoms with E-state index in [1.165, 1.54) is 0 Å². The van der Waals surface area contributed by atoms with Gasteiger partial charge in [0.2, 0.25) is 0 Å². The van der Waals surface area contributed by atoms with Gasteiger partial charge >= 0.3 is 0 Å². The Kier molecular flexibility index (Phi) is 5.63. The lowest BCUT2D eigenvalue weighted by atomic mass is 9.95. The Balaban J connectivity index is 2.01. The van der Waals surface area contributed by atoms with Crippen LogP contribution in [0, 0.1) is 0 Å². The molecule has 0 saturated heterocycles. The number of nitrogens with one attached hydrogen (secondary N) is 1. The maximum Gasteiger partial charge on any atom is 0.252 e. The van der Waals surface area contributed by atoms with Gasteiger partial charge in [0, 0.05) is 50.4 Å². The first-order chi connectivity index (χ1) is 12.2. The summed E-state index contributed by atoms with van der Waals surface area (Å²) in [6.45, 7) is 5.13. The number of likely N-dealkylation sites (N-methyl/N-ethyl adjacent to an activating group) is 1. The second-order valence-corrected chi connectivity index (χ2v) is 6.16. The quantitative estimate of drug-likeness (QED) is 0.813. The van der Waals surface area contributed by atoms with Crippen LogP contribution in [0.3, 0.4) is 0 Å². The lowest BCUT2D eigenvalue weighted by molar-refractivity contribution is -0.0974. The summed E-state index contributed by atoms with van der Waals surface area (Å²) in [6.07, 6.45) is 0.410. The van der Waals surface area contributed by atoms with Gasteiger partial charge in [0.15, 0.2) is 6.29 Å². The highest BCUT2D eigenvalue weighted by atomic mass is 16.7. The number of aromatic nitrogens is 1. The number of amides is 1. The van der Waals surface area contributed by atoms with E-state index in [4.69, 9.17) is 14.5 Å². The van der Waals surface area contributed by atoms with Crippen LogP contribution in [0.1, 0.15) is 28.5 Å². The second-order valence-electron chi connectivity index (χ2n) is 6.16. The maximum atomic E-state index is 13.0. The van der Waals surface area contributed by atoms with E-state index < -0.39 is 6.29 Å². The minimum Gasteiger partial charge on any atom is -0.354 e. The molecule has 1 aliphatic heterocycles. The van der Waals surface area contributed by atoms with Crippen molar-refractivity contribution >= 4 is 16.8 Å². The average Bonchev–Trinajstić information content (AvgIpc) is 2.66. The Morgan fingerprint density at radius 3 is 2.80 bits per heavy atom. The van der Waals surface area contributed by atoms with Crippen molar-refractivity contribution in [2.45, 2.75) is 26.2 Å². The van der Waals surface area contributed by atoms with E-state index in [0.29, 0.717) is 6.54 Å². The van der Waals surface area contributed by atoms with Gasteiger partial charge in [0.05, 0.1) is 17.6 Å². The van der Waals surface area contributed by atoms with Gasteiger partial charge < -0.3 is 14.8 Å². The van der Waals surface area contributed by atoms with E-state index in [9.17, 15) is 4.79 Å². The molecule has 6 nitrogen and oxygen atoms in total. The topological polar surface area (TPSA) is 63.7 Å². The number of nitrogens with zero attached hydrogens (tertiary/aromatic N) is 2. The SMILES string of the molecule is CCN1CCc2nc3ccccc3c(C(=O)NCC(OC)OC)c2C1. The zero-order valence-electron chi connectivity index (χ0n) is 15.0. The Labute approximate surface area is 148 Å². The molecule has 0 radical (unpaired) electrons. The van der Waals surface area contributed by atoms with Crippen LogP contribution in [0.15, 0.2) is 24.3 Å². The Morgan fingerprint density at radius 1 is 1.32 bits per heavy atom. The van der Waals surface area contributed by atoms with E-state index in [0.717, 1.165) is 53.8 Å². The highest BCUT2D eigenvalue weighted by molar-refractivity contribution is 6.07. The van der Waals surface area contributed by atoms with Gasteiger partial charge in [-0.2, -0.15) is 0 Å². The number of fused-ring (bicyclic) bond motifs is 2.